The van der Waals surface area contributed by atoms with Crippen LogP contribution in [-0.4, -0.2) is 18.0 Å². The molecule has 0 spiro atoms. The summed E-state index contributed by atoms with van der Waals surface area (Å²) in [5.74, 6) is 1.86. The fourth-order valence-corrected chi connectivity index (χ4v) is 13.8. The van der Waals surface area contributed by atoms with Gasteiger partial charge in [-0.3, -0.25) is 0 Å². The maximum atomic E-state index is 7.71. The molecule has 0 aliphatic carbocycles. The molecule has 4 aliphatic rings. The van der Waals surface area contributed by atoms with Gasteiger partial charge >= 0.3 is 0 Å². The summed E-state index contributed by atoms with van der Waals surface area (Å²) in [7, 11) is 0. The molecule has 0 amide bonds. The molecule has 0 bridgehead atoms. The van der Waals surface area contributed by atoms with Crippen LogP contribution >= 0.6 is 0 Å². The number of hydrogen-bond acceptors (Lipinski definition) is 3. The largest absolute Gasteiger partial charge is 0.458 e. The number of benzene rings is 8. The molecular weight excluding hydrogens is 992 g/mol. The quantitative estimate of drug-likeness (QED) is 0.161. The highest BCUT2D eigenvalue weighted by molar-refractivity contribution is 7.02. The van der Waals surface area contributed by atoms with Gasteiger partial charge in [0.05, 0.1) is 5.52 Å². The van der Waals surface area contributed by atoms with Crippen molar-refractivity contribution >= 4 is 102 Å². The van der Waals surface area contributed by atoms with Crippen LogP contribution in [0.5, 0.6) is 11.5 Å². The molecule has 5 heterocycles. The van der Waals surface area contributed by atoms with E-state index in [1.54, 1.807) is 0 Å². The highest BCUT2D eigenvalue weighted by atomic mass is 16.5. The average molecular weight is 1080 g/mol. The molecule has 0 atom stereocenters. The number of anilines is 6. The number of rotatable bonds is 2. The number of hydrogen-bond donors (Lipinski definition) is 0. The second-order valence-electron chi connectivity index (χ2n) is 32.1. The Morgan fingerprint density at radius 1 is 0.293 bits per heavy atom. The van der Waals surface area contributed by atoms with Gasteiger partial charge in [0.25, 0.3) is 13.4 Å². The fourth-order valence-electron chi connectivity index (χ4n) is 13.8. The van der Waals surface area contributed by atoms with E-state index in [4.69, 9.17) is 4.74 Å². The second kappa shape index (κ2) is 17.3. The molecule has 4 aliphatic heterocycles. The Balaban J connectivity index is 1.17. The molecule has 0 saturated heterocycles. The SMILES string of the molecule is CC(C)(C)c1ccc(N2c3ccc(C(C)(C)C)cc3B3c4cc5c(cc4Oc4cc(C(C)(C)C)cc2c43)N(c2ccc(C(C)(C)C)cc2)c2cc(C(C)(C)C)cc3c2B5c2cc(C(C)(C)C)cc4c5cc(C(C)(C)C)ccc5n-3c24)cc1. The highest BCUT2D eigenvalue weighted by Gasteiger charge is 2.48. The fraction of sp³-hybridized carbons (Fsp3) is 0.368. The third-order valence-electron chi connectivity index (χ3n) is 18.9. The van der Waals surface area contributed by atoms with Crippen LogP contribution in [0.4, 0.5) is 34.1 Å². The minimum atomic E-state index is -0.147. The van der Waals surface area contributed by atoms with E-state index in [1.807, 2.05) is 0 Å². The Labute approximate surface area is 491 Å². The van der Waals surface area contributed by atoms with Gasteiger partial charge in [-0.2, -0.15) is 0 Å². The molecule has 4 nitrogen and oxygen atoms in total. The number of ether oxygens (including phenoxy) is 1. The van der Waals surface area contributed by atoms with Gasteiger partial charge in [-0.25, -0.2) is 0 Å². The first-order valence-electron chi connectivity index (χ1n) is 30.4. The zero-order valence-corrected chi connectivity index (χ0v) is 53.1. The summed E-state index contributed by atoms with van der Waals surface area (Å²) in [5, 5.41) is 2.65. The van der Waals surface area contributed by atoms with E-state index in [-0.39, 0.29) is 51.3 Å². The number of fused-ring (bicyclic) bond motifs is 11. The average Bonchev–Trinajstić information content (AvgIpc) is 1.31. The summed E-state index contributed by atoms with van der Waals surface area (Å²) in [6, 6.07) is 53.6. The first kappa shape index (κ1) is 54.3. The van der Waals surface area contributed by atoms with E-state index >= 15 is 0 Å². The van der Waals surface area contributed by atoms with Crippen molar-refractivity contribution in [2.24, 2.45) is 0 Å². The molecule has 8 aromatic carbocycles. The molecule has 0 saturated carbocycles. The third kappa shape index (κ3) is 8.37. The van der Waals surface area contributed by atoms with E-state index in [1.165, 1.54) is 122 Å². The van der Waals surface area contributed by atoms with Crippen LogP contribution in [0.15, 0.2) is 133 Å². The number of aromatic nitrogens is 1. The topological polar surface area (TPSA) is 20.6 Å². The first-order chi connectivity index (χ1) is 38.1. The lowest BCUT2D eigenvalue weighted by Gasteiger charge is -2.44. The molecule has 13 rings (SSSR count). The van der Waals surface area contributed by atoms with Gasteiger partial charge in [0.2, 0.25) is 0 Å². The monoisotopic (exact) mass is 1080 g/mol. The lowest BCUT2D eigenvalue weighted by atomic mass is 9.30. The van der Waals surface area contributed by atoms with Crippen LogP contribution in [0, 0.1) is 0 Å². The summed E-state index contributed by atoms with van der Waals surface area (Å²) in [6.07, 6.45) is 0. The van der Waals surface area contributed by atoms with Crippen molar-refractivity contribution in [2.45, 2.75) is 183 Å². The highest BCUT2D eigenvalue weighted by Crippen LogP contribution is 2.49. The molecule has 6 heteroatoms. The molecule has 0 radical (unpaired) electrons. The Kier molecular flexibility index (Phi) is 11.5. The number of nitrogens with zero attached hydrogens (tertiary/aromatic N) is 3. The summed E-state index contributed by atoms with van der Waals surface area (Å²) < 4.78 is 10.4. The summed E-state index contributed by atoms with van der Waals surface area (Å²) in [6.45, 7) is 49.0. The van der Waals surface area contributed by atoms with Gasteiger partial charge in [-0.15, -0.1) is 0 Å². The smallest absolute Gasteiger partial charge is 0.256 e. The summed E-state index contributed by atoms with van der Waals surface area (Å²) in [4.78, 5) is 5.15. The van der Waals surface area contributed by atoms with Crippen LogP contribution in [0.3, 0.4) is 0 Å². The predicted molar refractivity (Wildman–Crippen MR) is 357 cm³/mol. The molecule has 9 aromatic rings. The van der Waals surface area contributed by atoms with Crippen LogP contribution in [0.2, 0.25) is 0 Å². The second-order valence-corrected chi connectivity index (χ2v) is 32.1. The summed E-state index contributed by atoms with van der Waals surface area (Å²) >= 11 is 0. The molecule has 0 N–H and O–H groups in total. The first-order valence-corrected chi connectivity index (χ1v) is 30.4. The van der Waals surface area contributed by atoms with Gasteiger partial charge in [0.15, 0.2) is 0 Å². The predicted octanol–water partition coefficient (Wildman–Crippen LogP) is 16.9. The molecule has 1 aromatic heterocycles. The van der Waals surface area contributed by atoms with Crippen molar-refractivity contribution in [2.75, 3.05) is 9.80 Å². The standard InChI is InChI=1S/C76H85B2N3O/c1-70(2,3)44-22-28-51(29-23-44)79-60-33-27-47(73(10,11)12)36-55(60)77-57-42-56-61(43-65(57)82-66-41-50(76(19,20)21)40-64(79)68(66)77)80(52-30-24-45(25-31-52)71(4,5)6)62-38-49(75(16,17)18)39-63-67(62)78(56)58-37-48(74(13,14)15)35-54-53-34-46(72(7,8)9)26-32-59(53)81(63)69(54)58/h22-43H,1-21H3. The normalized spacial score (nSPS) is 14.9. The van der Waals surface area contributed by atoms with Gasteiger partial charge in [0.1, 0.15) is 11.5 Å². The maximum absolute atomic E-state index is 7.71. The maximum Gasteiger partial charge on any atom is 0.256 e. The van der Waals surface area contributed by atoms with Gasteiger partial charge in [0, 0.05) is 62.2 Å². The van der Waals surface area contributed by atoms with E-state index in [2.05, 4.69) is 293 Å². The molecule has 0 fully saturated rings. The Hall–Kier alpha value is -6.91. The van der Waals surface area contributed by atoms with Crippen molar-refractivity contribution in [1.29, 1.82) is 0 Å². The van der Waals surface area contributed by atoms with E-state index < -0.39 is 0 Å². The van der Waals surface area contributed by atoms with Crippen molar-refractivity contribution in [1.82, 2.24) is 4.57 Å². The third-order valence-corrected chi connectivity index (χ3v) is 18.9. The molecule has 416 valence electrons. The zero-order chi connectivity index (χ0) is 58.7. The van der Waals surface area contributed by atoms with Crippen molar-refractivity contribution in [3.05, 3.63) is 172 Å². The van der Waals surface area contributed by atoms with E-state index in [0.717, 1.165) is 22.9 Å². The van der Waals surface area contributed by atoms with Crippen LogP contribution < -0.4 is 47.3 Å². The van der Waals surface area contributed by atoms with Crippen molar-refractivity contribution < 1.29 is 4.74 Å². The van der Waals surface area contributed by atoms with Crippen molar-refractivity contribution in [3.8, 4) is 17.2 Å². The lowest BCUT2D eigenvalue weighted by molar-refractivity contribution is 0.483. The zero-order valence-electron chi connectivity index (χ0n) is 53.1. The van der Waals surface area contributed by atoms with Crippen LogP contribution in [0.1, 0.15) is 184 Å². The van der Waals surface area contributed by atoms with E-state index in [9.17, 15) is 0 Å². The van der Waals surface area contributed by atoms with E-state index in [0.29, 0.717) is 0 Å². The Bertz CT molecular complexity index is 4160. The Morgan fingerprint density at radius 2 is 0.707 bits per heavy atom. The minimum Gasteiger partial charge on any atom is -0.458 e. The molecule has 82 heavy (non-hydrogen) atoms. The van der Waals surface area contributed by atoms with Gasteiger partial charge < -0.3 is 19.1 Å². The van der Waals surface area contributed by atoms with Crippen LogP contribution in [0.25, 0.3) is 27.5 Å². The lowest BCUT2D eigenvalue weighted by Crippen LogP contribution is -2.64. The molecular formula is C76H85B2N3O. The van der Waals surface area contributed by atoms with Gasteiger partial charge in [-0.1, -0.05) is 200 Å². The summed E-state index contributed by atoms with van der Waals surface area (Å²) in [5.41, 5.74) is 27.5. The molecule has 0 unspecified atom stereocenters. The minimum absolute atomic E-state index is 0.00338. The van der Waals surface area contributed by atoms with Gasteiger partial charge in [-0.05, 0) is 182 Å². The van der Waals surface area contributed by atoms with Crippen LogP contribution in [-0.2, 0) is 37.9 Å². The van der Waals surface area contributed by atoms with Crippen molar-refractivity contribution in [3.63, 3.8) is 0 Å². The Morgan fingerprint density at radius 3 is 1.26 bits per heavy atom.